The van der Waals surface area contributed by atoms with Gasteiger partial charge < -0.3 is 5.32 Å². The zero-order valence-electron chi connectivity index (χ0n) is 8.74. The Hall–Kier alpha value is -0.680. The number of carbonyl (C=O) groups excluding carboxylic acids is 1. The first kappa shape index (κ1) is 10.8. The van der Waals surface area contributed by atoms with Gasteiger partial charge in [-0.15, -0.1) is 0 Å². The maximum absolute atomic E-state index is 11.9. The van der Waals surface area contributed by atoms with Gasteiger partial charge in [-0.3, -0.25) is 4.79 Å². The molecule has 0 aromatic carbocycles. The van der Waals surface area contributed by atoms with Crippen LogP contribution in [0.4, 0.5) is 0 Å². The van der Waals surface area contributed by atoms with E-state index < -0.39 is 0 Å². The summed E-state index contributed by atoms with van der Waals surface area (Å²) in [4.78, 5) is 11.9. The van der Waals surface area contributed by atoms with Gasteiger partial charge in [-0.05, 0) is 25.1 Å². The molecule has 1 heterocycles. The molecule has 1 saturated carbocycles. The van der Waals surface area contributed by atoms with Gasteiger partial charge in [0.15, 0.2) is 5.11 Å². The van der Waals surface area contributed by atoms with Gasteiger partial charge in [-0.2, -0.15) is 0 Å². The minimum atomic E-state index is -0.00866. The van der Waals surface area contributed by atoms with Crippen molar-refractivity contribution in [2.24, 2.45) is 11.8 Å². The summed E-state index contributed by atoms with van der Waals surface area (Å²) in [6.45, 7) is 0. The molecule has 3 N–H and O–H groups in total. The molecule has 4 nitrogen and oxygen atoms in total. The van der Waals surface area contributed by atoms with Crippen LogP contribution in [0.5, 0.6) is 0 Å². The lowest BCUT2D eigenvalue weighted by atomic mass is 9.85. The van der Waals surface area contributed by atoms with Crippen molar-refractivity contribution >= 4 is 23.2 Å². The van der Waals surface area contributed by atoms with E-state index in [-0.39, 0.29) is 17.9 Å². The minimum Gasteiger partial charge on any atom is -0.358 e. The van der Waals surface area contributed by atoms with E-state index in [0.29, 0.717) is 5.11 Å². The molecule has 5 heteroatoms. The maximum Gasteiger partial charge on any atom is 0.248 e. The van der Waals surface area contributed by atoms with E-state index in [1.165, 1.54) is 19.3 Å². The summed E-state index contributed by atoms with van der Waals surface area (Å²) in [5.41, 5.74) is 0. The first-order valence-corrected chi connectivity index (χ1v) is 6.00. The van der Waals surface area contributed by atoms with Crippen LogP contribution in [0, 0.1) is 5.92 Å². The van der Waals surface area contributed by atoms with Crippen molar-refractivity contribution in [2.45, 2.75) is 44.6 Å². The topological polar surface area (TPSA) is 58.4 Å². The molecule has 1 aliphatic carbocycles. The van der Waals surface area contributed by atoms with Gasteiger partial charge in [-0.25, -0.2) is 10.9 Å². The Morgan fingerprint density at radius 2 is 1.93 bits per heavy atom. The molecule has 2 unspecified atom stereocenters. The maximum atomic E-state index is 11.9. The SMILES string of the molecule is NN1C(=O)C2CCCCCCC2NC1=S. The van der Waals surface area contributed by atoms with E-state index in [2.05, 4.69) is 5.32 Å². The molecule has 0 bridgehead atoms. The summed E-state index contributed by atoms with van der Waals surface area (Å²) >= 11 is 5.02. The predicted octanol–water partition coefficient (Wildman–Crippen LogP) is 0.916. The monoisotopic (exact) mass is 227 g/mol. The number of nitrogens with two attached hydrogens (primary N) is 1. The molecular weight excluding hydrogens is 210 g/mol. The second-order valence-corrected chi connectivity index (χ2v) is 4.75. The van der Waals surface area contributed by atoms with E-state index in [1.807, 2.05) is 0 Å². The number of fused-ring (bicyclic) bond motifs is 1. The van der Waals surface area contributed by atoms with Crippen LogP contribution >= 0.6 is 12.2 Å². The number of hydrogen-bond donors (Lipinski definition) is 2. The summed E-state index contributed by atoms with van der Waals surface area (Å²) in [6.07, 6.45) is 6.75. The van der Waals surface area contributed by atoms with Crippen LogP contribution in [0.2, 0.25) is 0 Å². The van der Waals surface area contributed by atoms with Crippen molar-refractivity contribution in [3.05, 3.63) is 0 Å². The highest BCUT2D eigenvalue weighted by Crippen LogP contribution is 2.26. The number of hydrogen-bond acceptors (Lipinski definition) is 3. The molecule has 2 aliphatic rings. The Kier molecular flexibility index (Phi) is 3.21. The molecule has 84 valence electrons. The van der Waals surface area contributed by atoms with Crippen LogP contribution < -0.4 is 11.2 Å². The van der Waals surface area contributed by atoms with E-state index >= 15 is 0 Å². The Balaban J connectivity index is 2.12. The first-order valence-electron chi connectivity index (χ1n) is 5.59. The number of nitrogens with one attached hydrogen (secondary N) is 1. The number of rotatable bonds is 0. The van der Waals surface area contributed by atoms with Crippen molar-refractivity contribution < 1.29 is 4.79 Å². The minimum absolute atomic E-state index is 0.00866. The smallest absolute Gasteiger partial charge is 0.248 e. The standard InChI is InChI=1S/C10H17N3OS/c11-13-9(14)7-5-3-1-2-4-6-8(7)12-10(13)15/h7-8H,1-6,11H2,(H,12,15). The lowest BCUT2D eigenvalue weighted by molar-refractivity contribution is -0.134. The Morgan fingerprint density at radius 3 is 2.67 bits per heavy atom. The lowest BCUT2D eigenvalue weighted by Crippen LogP contribution is -2.62. The lowest BCUT2D eigenvalue weighted by Gasteiger charge is -2.38. The normalized spacial score (nSPS) is 32.7. The van der Waals surface area contributed by atoms with Gasteiger partial charge >= 0.3 is 0 Å². The van der Waals surface area contributed by atoms with Crippen LogP contribution in [-0.2, 0) is 4.79 Å². The van der Waals surface area contributed by atoms with Gasteiger partial charge in [0.25, 0.3) is 0 Å². The molecule has 0 radical (unpaired) electrons. The number of hydrazine groups is 1. The van der Waals surface area contributed by atoms with E-state index in [4.69, 9.17) is 18.1 Å². The second kappa shape index (κ2) is 4.45. The highest BCUT2D eigenvalue weighted by Gasteiger charge is 2.37. The molecule has 0 aromatic rings. The van der Waals surface area contributed by atoms with Crippen molar-refractivity contribution in [1.82, 2.24) is 10.3 Å². The zero-order chi connectivity index (χ0) is 10.8. The van der Waals surface area contributed by atoms with E-state index in [1.54, 1.807) is 0 Å². The third kappa shape index (κ3) is 2.13. The summed E-state index contributed by atoms with van der Waals surface area (Å²) in [5, 5.41) is 4.65. The molecule has 0 spiro atoms. The predicted molar refractivity (Wildman–Crippen MR) is 61.7 cm³/mol. The molecule has 0 aromatic heterocycles. The third-order valence-electron chi connectivity index (χ3n) is 3.35. The van der Waals surface area contributed by atoms with E-state index in [0.717, 1.165) is 24.3 Å². The first-order chi connectivity index (χ1) is 7.20. The molecule has 1 aliphatic heterocycles. The number of carbonyl (C=O) groups is 1. The molecular formula is C10H17N3OS. The van der Waals surface area contributed by atoms with Gasteiger partial charge in [-0.1, -0.05) is 25.7 Å². The summed E-state index contributed by atoms with van der Waals surface area (Å²) in [7, 11) is 0. The average molecular weight is 227 g/mol. The summed E-state index contributed by atoms with van der Waals surface area (Å²) < 4.78 is 0. The third-order valence-corrected chi connectivity index (χ3v) is 3.66. The van der Waals surface area contributed by atoms with Gasteiger partial charge in [0, 0.05) is 6.04 Å². The Labute approximate surface area is 95.2 Å². The largest absolute Gasteiger partial charge is 0.358 e. The van der Waals surface area contributed by atoms with Crippen LogP contribution in [0.15, 0.2) is 0 Å². The van der Waals surface area contributed by atoms with Crippen molar-refractivity contribution in [3.63, 3.8) is 0 Å². The van der Waals surface area contributed by atoms with Crippen LogP contribution in [0.25, 0.3) is 0 Å². The van der Waals surface area contributed by atoms with Crippen molar-refractivity contribution in [1.29, 1.82) is 0 Å². The van der Waals surface area contributed by atoms with Crippen LogP contribution in [0.3, 0.4) is 0 Å². The quantitative estimate of drug-likeness (QED) is 0.367. The van der Waals surface area contributed by atoms with Gasteiger partial charge in [0.1, 0.15) is 0 Å². The van der Waals surface area contributed by atoms with Crippen molar-refractivity contribution in [3.8, 4) is 0 Å². The fraction of sp³-hybridized carbons (Fsp3) is 0.800. The fourth-order valence-electron chi connectivity index (χ4n) is 2.46. The molecule has 2 atom stereocenters. The van der Waals surface area contributed by atoms with Gasteiger partial charge in [0.2, 0.25) is 5.91 Å². The number of thiocarbonyl (C=S) groups is 1. The highest BCUT2D eigenvalue weighted by molar-refractivity contribution is 7.80. The highest BCUT2D eigenvalue weighted by atomic mass is 32.1. The Bertz CT molecular complexity index is 282. The van der Waals surface area contributed by atoms with Crippen LogP contribution in [-0.4, -0.2) is 22.1 Å². The number of amides is 1. The fourth-order valence-corrected chi connectivity index (χ4v) is 2.70. The number of nitrogens with zero attached hydrogens (tertiary/aromatic N) is 1. The summed E-state index contributed by atoms with van der Waals surface area (Å²) in [6, 6.07) is 0.213. The van der Waals surface area contributed by atoms with E-state index in [9.17, 15) is 4.79 Å². The average Bonchev–Trinajstić information content (AvgIpc) is 2.18. The summed E-state index contributed by atoms with van der Waals surface area (Å²) in [5.74, 6) is 5.62. The molecule has 1 saturated heterocycles. The molecule has 15 heavy (non-hydrogen) atoms. The van der Waals surface area contributed by atoms with Crippen LogP contribution in [0.1, 0.15) is 38.5 Å². The zero-order valence-corrected chi connectivity index (χ0v) is 9.55. The molecule has 2 fully saturated rings. The molecule has 1 amide bonds. The Morgan fingerprint density at radius 1 is 1.27 bits per heavy atom. The van der Waals surface area contributed by atoms with Gasteiger partial charge in [0.05, 0.1) is 5.92 Å². The van der Waals surface area contributed by atoms with Crippen molar-refractivity contribution in [2.75, 3.05) is 0 Å². The molecule has 2 rings (SSSR count). The second-order valence-electron chi connectivity index (χ2n) is 4.36.